The summed E-state index contributed by atoms with van der Waals surface area (Å²) in [6, 6.07) is 22.7. The maximum atomic E-state index is 12.9. The van der Waals surface area contributed by atoms with Crippen molar-refractivity contribution in [1.29, 1.82) is 0 Å². The predicted molar refractivity (Wildman–Crippen MR) is 113 cm³/mol. The second kappa shape index (κ2) is 9.73. The highest BCUT2D eigenvalue weighted by molar-refractivity contribution is 5.95. The molecule has 0 bridgehead atoms. The van der Waals surface area contributed by atoms with Crippen molar-refractivity contribution < 1.29 is 14.0 Å². The Morgan fingerprint density at radius 2 is 1.45 bits per heavy atom. The molecule has 29 heavy (non-hydrogen) atoms. The molecule has 150 valence electrons. The van der Waals surface area contributed by atoms with E-state index in [4.69, 9.17) is 4.42 Å². The molecule has 2 aromatic carbocycles. The summed E-state index contributed by atoms with van der Waals surface area (Å²) in [5.41, 5.74) is 2.25. The number of carbonyl (C=O) groups excluding carboxylic acids is 2. The predicted octanol–water partition coefficient (Wildman–Crippen LogP) is 3.98. The minimum absolute atomic E-state index is 0.0231. The van der Waals surface area contributed by atoms with Gasteiger partial charge < -0.3 is 15.1 Å². The summed E-state index contributed by atoms with van der Waals surface area (Å²) in [6.45, 7) is 4.24. The van der Waals surface area contributed by atoms with Crippen molar-refractivity contribution in [3.63, 3.8) is 0 Å². The Kier molecular flexibility index (Phi) is 6.85. The normalized spacial score (nSPS) is 12.0. The van der Waals surface area contributed by atoms with Gasteiger partial charge in [-0.3, -0.25) is 9.59 Å². The van der Waals surface area contributed by atoms with Crippen molar-refractivity contribution in [2.75, 3.05) is 6.54 Å². The number of hydrogen-bond acceptors (Lipinski definition) is 3. The summed E-state index contributed by atoms with van der Waals surface area (Å²) < 4.78 is 5.13. The summed E-state index contributed by atoms with van der Waals surface area (Å²) in [4.78, 5) is 25.2. The Morgan fingerprint density at radius 3 is 1.93 bits per heavy atom. The summed E-state index contributed by atoms with van der Waals surface area (Å²) in [5, 5.41) is 5.80. The summed E-state index contributed by atoms with van der Waals surface area (Å²) in [5.74, 6) is -0.464. The number of amides is 2. The Bertz CT molecular complexity index is 866. The van der Waals surface area contributed by atoms with Gasteiger partial charge in [-0.2, -0.15) is 0 Å². The molecular weight excluding hydrogens is 364 g/mol. The minimum atomic E-state index is -0.653. The lowest BCUT2D eigenvalue weighted by Crippen LogP contribution is -2.50. The van der Waals surface area contributed by atoms with E-state index in [0.717, 1.165) is 11.1 Å². The highest BCUT2D eigenvalue weighted by atomic mass is 16.3. The van der Waals surface area contributed by atoms with Crippen LogP contribution >= 0.6 is 0 Å². The molecule has 2 N–H and O–H groups in total. The Morgan fingerprint density at radius 1 is 0.862 bits per heavy atom. The fourth-order valence-electron chi connectivity index (χ4n) is 3.27. The lowest BCUT2D eigenvalue weighted by atomic mass is 9.91. The number of carbonyl (C=O) groups is 2. The van der Waals surface area contributed by atoms with Crippen LogP contribution in [0.3, 0.4) is 0 Å². The Labute approximate surface area is 171 Å². The van der Waals surface area contributed by atoms with Gasteiger partial charge in [-0.05, 0) is 29.2 Å². The van der Waals surface area contributed by atoms with Crippen molar-refractivity contribution in [3.05, 3.63) is 95.9 Å². The maximum absolute atomic E-state index is 12.9. The molecule has 3 aromatic rings. The van der Waals surface area contributed by atoms with Crippen LogP contribution in [0.15, 0.2) is 83.5 Å². The maximum Gasteiger partial charge on any atom is 0.287 e. The molecule has 0 spiro atoms. The second-order valence-corrected chi connectivity index (χ2v) is 7.29. The molecule has 5 heteroatoms. The quantitative estimate of drug-likeness (QED) is 0.611. The minimum Gasteiger partial charge on any atom is -0.459 e. The molecule has 1 aromatic heterocycles. The van der Waals surface area contributed by atoms with E-state index >= 15 is 0 Å². The van der Waals surface area contributed by atoms with Crippen LogP contribution in [0.5, 0.6) is 0 Å². The standard InChI is InChI=1S/C24H26N2O3/c1-17(2)22(26-23(27)21-14-9-15-29-21)24(28)25-16-20(18-10-5-3-6-11-18)19-12-7-4-8-13-19/h3-15,17,20,22H,16H2,1-2H3,(H,25,28)(H,26,27). The lowest BCUT2D eigenvalue weighted by molar-refractivity contribution is -0.123. The van der Waals surface area contributed by atoms with Gasteiger partial charge in [0, 0.05) is 12.5 Å². The van der Waals surface area contributed by atoms with Gasteiger partial charge in [0.05, 0.1) is 6.26 Å². The highest BCUT2D eigenvalue weighted by Crippen LogP contribution is 2.23. The van der Waals surface area contributed by atoms with Crippen molar-refractivity contribution in [1.82, 2.24) is 10.6 Å². The number of benzene rings is 2. The van der Waals surface area contributed by atoms with Gasteiger partial charge in [0.1, 0.15) is 6.04 Å². The molecular formula is C24H26N2O3. The zero-order valence-electron chi connectivity index (χ0n) is 16.7. The average molecular weight is 390 g/mol. The van der Waals surface area contributed by atoms with Crippen LogP contribution in [0.25, 0.3) is 0 Å². The molecule has 0 saturated heterocycles. The van der Waals surface area contributed by atoms with Gasteiger partial charge in [-0.1, -0.05) is 74.5 Å². The topological polar surface area (TPSA) is 71.3 Å². The van der Waals surface area contributed by atoms with E-state index in [1.54, 1.807) is 12.1 Å². The molecule has 0 aliphatic rings. The fraction of sp³-hybridized carbons (Fsp3) is 0.250. The van der Waals surface area contributed by atoms with Crippen LogP contribution in [-0.4, -0.2) is 24.4 Å². The lowest BCUT2D eigenvalue weighted by Gasteiger charge is -2.24. The van der Waals surface area contributed by atoms with Crippen molar-refractivity contribution >= 4 is 11.8 Å². The SMILES string of the molecule is CC(C)C(NC(=O)c1ccco1)C(=O)NCC(c1ccccc1)c1ccccc1. The van der Waals surface area contributed by atoms with E-state index < -0.39 is 11.9 Å². The van der Waals surface area contributed by atoms with Gasteiger partial charge in [0.2, 0.25) is 5.91 Å². The third kappa shape index (κ3) is 5.35. The molecule has 1 heterocycles. The molecule has 5 nitrogen and oxygen atoms in total. The van der Waals surface area contributed by atoms with Gasteiger partial charge in [-0.15, -0.1) is 0 Å². The van der Waals surface area contributed by atoms with Gasteiger partial charge in [0.15, 0.2) is 5.76 Å². The first-order valence-corrected chi connectivity index (χ1v) is 9.78. The van der Waals surface area contributed by atoms with E-state index in [2.05, 4.69) is 34.9 Å². The Hall–Kier alpha value is -3.34. The molecule has 3 rings (SSSR count). The third-order valence-electron chi connectivity index (χ3n) is 4.86. The van der Waals surface area contributed by atoms with Crippen LogP contribution in [0.4, 0.5) is 0 Å². The molecule has 0 radical (unpaired) electrons. The van der Waals surface area contributed by atoms with Crippen LogP contribution in [0.2, 0.25) is 0 Å². The van der Waals surface area contributed by atoms with Crippen molar-refractivity contribution in [3.8, 4) is 0 Å². The first kappa shape index (κ1) is 20.4. The Balaban J connectivity index is 1.71. The zero-order valence-corrected chi connectivity index (χ0v) is 16.7. The first-order chi connectivity index (χ1) is 14.1. The number of hydrogen-bond donors (Lipinski definition) is 2. The van der Waals surface area contributed by atoms with E-state index in [9.17, 15) is 9.59 Å². The van der Waals surface area contributed by atoms with Gasteiger partial charge in [-0.25, -0.2) is 0 Å². The van der Waals surface area contributed by atoms with Crippen molar-refractivity contribution in [2.45, 2.75) is 25.8 Å². The van der Waals surface area contributed by atoms with Crippen LogP contribution in [0.1, 0.15) is 41.4 Å². The smallest absolute Gasteiger partial charge is 0.287 e. The third-order valence-corrected chi connectivity index (χ3v) is 4.86. The highest BCUT2D eigenvalue weighted by Gasteiger charge is 2.26. The average Bonchev–Trinajstić information content (AvgIpc) is 3.28. The number of nitrogens with one attached hydrogen (secondary N) is 2. The van der Waals surface area contributed by atoms with Gasteiger partial charge >= 0.3 is 0 Å². The molecule has 1 atom stereocenters. The molecule has 0 aliphatic heterocycles. The zero-order chi connectivity index (χ0) is 20.6. The van der Waals surface area contributed by atoms with Crippen LogP contribution < -0.4 is 10.6 Å². The molecule has 1 unspecified atom stereocenters. The largest absolute Gasteiger partial charge is 0.459 e. The first-order valence-electron chi connectivity index (χ1n) is 9.78. The molecule has 0 saturated carbocycles. The molecule has 0 fully saturated rings. The van der Waals surface area contributed by atoms with E-state index in [1.807, 2.05) is 50.2 Å². The van der Waals surface area contributed by atoms with Crippen LogP contribution in [0, 0.1) is 5.92 Å². The van der Waals surface area contributed by atoms with E-state index in [0.29, 0.717) is 6.54 Å². The van der Waals surface area contributed by atoms with E-state index in [-0.39, 0.29) is 23.5 Å². The molecule has 0 aliphatic carbocycles. The number of furan rings is 1. The summed E-state index contributed by atoms with van der Waals surface area (Å²) >= 11 is 0. The van der Waals surface area contributed by atoms with E-state index in [1.165, 1.54) is 6.26 Å². The van der Waals surface area contributed by atoms with Crippen LogP contribution in [-0.2, 0) is 4.79 Å². The number of rotatable bonds is 8. The van der Waals surface area contributed by atoms with Gasteiger partial charge in [0.25, 0.3) is 5.91 Å². The fourth-order valence-corrected chi connectivity index (χ4v) is 3.27. The summed E-state index contributed by atoms with van der Waals surface area (Å²) in [6.07, 6.45) is 1.43. The molecule has 2 amide bonds. The monoisotopic (exact) mass is 390 g/mol. The second-order valence-electron chi connectivity index (χ2n) is 7.29. The summed E-state index contributed by atoms with van der Waals surface area (Å²) in [7, 11) is 0. The van der Waals surface area contributed by atoms with Crippen molar-refractivity contribution in [2.24, 2.45) is 5.92 Å².